The molecule has 6 aromatic rings. The second-order valence-corrected chi connectivity index (χ2v) is 22.2. The second-order valence-electron chi connectivity index (χ2n) is 22.2. The molecule has 0 aromatic heterocycles. The molecule has 2 saturated carbocycles. The van der Waals surface area contributed by atoms with Gasteiger partial charge >= 0.3 is 30.2 Å². The van der Waals surface area contributed by atoms with Crippen LogP contribution in [0.3, 0.4) is 0 Å². The SMILES string of the molecule is CCC1(Cc2cc3c(-c4ccccc4C(C)(C)C)cccc3[cH-]2)CCCCCCCC1.CCC1(Cc2cc3c(-c4ccccc4C(C)(C)C)cccc3[cH-]2)CCCCCCCC1.Cl.Cl.[CH3-].[CH3-].[Si]=[Zr]. The predicted octanol–water partition coefficient (Wildman–Crippen LogP) is 20.6. The van der Waals surface area contributed by atoms with Crippen LogP contribution >= 0.6 is 24.8 Å². The Balaban J connectivity index is 0.000000426. The number of hydrogen-bond acceptors (Lipinski definition) is 0. The molecule has 0 spiro atoms. The molecule has 0 saturated heterocycles. The Labute approximate surface area is 447 Å². The molecule has 2 aliphatic carbocycles. The van der Waals surface area contributed by atoms with Crippen LogP contribution in [0.25, 0.3) is 43.8 Å². The minimum atomic E-state index is 0. The van der Waals surface area contributed by atoms with Gasteiger partial charge in [-0.1, -0.05) is 217 Å². The van der Waals surface area contributed by atoms with Crippen LogP contribution in [0.2, 0.25) is 0 Å². The zero-order chi connectivity index (χ0) is 45.8. The fraction of sp³-hybridized carbons (Fsp3) is 0.500. The summed E-state index contributed by atoms with van der Waals surface area (Å²) in [6.45, 7) is 21.9. The van der Waals surface area contributed by atoms with E-state index in [-0.39, 0.29) is 50.5 Å². The van der Waals surface area contributed by atoms with Gasteiger partial charge < -0.3 is 14.9 Å². The molecule has 372 valence electrons. The summed E-state index contributed by atoms with van der Waals surface area (Å²) >= 11 is 1.36. The molecule has 4 heteroatoms. The van der Waals surface area contributed by atoms with Crippen LogP contribution in [0, 0.1) is 25.7 Å². The first-order valence-electron chi connectivity index (χ1n) is 25.7. The summed E-state index contributed by atoms with van der Waals surface area (Å²) in [5.41, 5.74) is 12.8. The summed E-state index contributed by atoms with van der Waals surface area (Å²) < 4.78 is 0. The molecule has 0 atom stereocenters. The van der Waals surface area contributed by atoms with E-state index in [0.717, 1.165) is 0 Å². The van der Waals surface area contributed by atoms with Crippen molar-refractivity contribution in [3.05, 3.63) is 146 Å². The summed E-state index contributed by atoms with van der Waals surface area (Å²) in [6, 6.07) is 41.8. The van der Waals surface area contributed by atoms with Gasteiger partial charge in [-0.2, -0.15) is 12.1 Å². The van der Waals surface area contributed by atoms with Crippen molar-refractivity contribution in [2.75, 3.05) is 0 Å². The minimum absolute atomic E-state index is 0. The van der Waals surface area contributed by atoms with Gasteiger partial charge in [0.1, 0.15) is 0 Å². The Kier molecular flexibility index (Phi) is 26.1. The van der Waals surface area contributed by atoms with Crippen molar-refractivity contribution in [2.24, 2.45) is 10.8 Å². The van der Waals surface area contributed by atoms with Crippen LogP contribution in [0.4, 0.5) is 0 Å². The molecule has 68 heavy (non-hydrogen) atoms. The fourth-order valence-electron chi connectivity index (χ4n) is 11.9. The summed E-state index contributed by atoms with van der Waals surface area (Å²) in [5, 5.41) is 5.68. The van der Waals surface area contributed by atoms with Crippen molar-refractivity contribution in [1.29, 1.82) is 0 Å². The van der Waals surface area contributed by atoms with E-state index in [1.165, 1.54) is 207 Å². The fourth-order valence-corrected chi connectivity index (χ4v) is 11.9. The summed E-state index contributed by atoms with van der Waals surface area (Å²) in [4.78, 5) is 0. The van der Waals surface area contributed by atoms with E-state index in [4.69, 9.17) is 0 Å². The second kappa shape index (κ2) is 28.7. The molecule has 6 aromatic carbocycles. The summed E-state index contributed by atoms with van der Waals surface area (Å²) in [7, 11) is 0. The molecule has 0 aliphatic heterocycles. The molecule has 0 amide bonds. The molecule has 0 heterocycles. The number of benzene rings is 4. The van der Waals surface area contributed by atoms with E-state index in [1.54, 1.807) is 11.1 Å². The van der Waals surface area contributed by atoms with Gasteiger partial charge in [-0.05, 0) is 82.4 Å². The van der Waals surface area contributed by atoms with E-state index in [1.807, 2.05) is 0 Å². The van der Waals surface area contributed by atoms with Crippen molar-refractivity contribution in [2.45, 2.75) is 195 Å². The van der Waals surface area contributed by atoms with Crippen LogP contribution in [0.1, 0.15) is 193 Å². The zero-order valence-electron chi connectivity index (χ0n) is 44.4. The van der Waals surface area contributed by atoms with Crippen LogP contribution in [0.15, 0.2) is 109 Å². The van der Waals surface area contributed by atoms with E-state index in [2.05, 4.69) is 171 Å². The maximum atomic E-state index is 3.06. The van der Waals surface area contributed by atoms with Crippen molar-refractivity contribution >= 4 is 53.2 Å². The van der Waals surface area contributed by atoms with Crippen molar-refractivity contribution in [3.8, 4) is 22.3 Å². The quantitative estimate of drug-likeness (QED) is 0.105. The molecule has 0 nitrogen and oxygen atoms in total. The predicted molar refractivity (Wildman–Crippen MR) is 307 cm³/mol. The third kappa shape index (κ3) is 15.9. The standard InChI is InChI=1S/2C31H41.2CH3.2ClH.Si.Zr/c2*1-5-31(19-12-8-6-7-9-13-20-31)23-24-21-25-15-14-17-26(28(25)22-24)27-16-10-11-18-29(27)30(2,3)4;;;;;;/h2*10-11,14-18,21-22H,5-9,12-13,19-20,23H2,1-4H3;2*1H3;2*1H;;/q4*-1;;;;. The Morgan fingerprint density at radius 2 is 0.735 bits per heavy atom. The summed E-state index contributed by atoms with van der Waals surface area (Å²) in [5.74, 6) is 0. The maximum absolute atomic E-state index is 3.06. The van der Waals surface area contributed by atoms with Crippen LogP contribution < -0.4 is 0 Å². The number of fused-ring (bicyclic) bond motifs is 2. The molecule has 0 unspecified atom stereocenters. The number of halogens is 2. The Hall–Kier alpha value is -2.22. The molecule has 2 radical (unpaired) electrons. The Morgan fingerprint density at radius 3 is 1.04 bits per heavy atom. The first-order valence-corrected chi connectivity index (χ1v) is 29.8. The molecule has 0 bridgehead atoms. The molecule has 0 N–H and O–H groups in total. The summed E-state index contributed by atoms with van der Waals surface area (Å²) in [6.07, 6.45) is 27.9. The third-order valence-electron chi connectivity index (χ3n) is 15.7. The van der Waals surface area contributed by atoms with Crippen LogP contribution in [-0.2, 0) is 47.0 Å². The normalized spacial score (nSPS) is 16.3. The van der Waals surface area contributed by atoms with E-state index in [9.17, 15) is 0 Å². The van der Waals surface area contributed by atoms with Gasteiger partial charge in [0.2, 0.25) is 0 Å². The number of hydrogen-bond donors (Lipinski definition) is 0. The Bertz CT molecular complexity index is 2180. The van der Waals surface area contributed by atoms with Crippen molar-refractivity contribution in [3.63, 3.8) is 0 Å². The molecule has 2 aliphatic rings. The van der Waals surface area contributed by atoms with Crippen molar-refractivity contribution < 1.29 is 23.3 Å². The molecular weight excluding hydrogens is 959 g/mol. The van der Waals surface area contributed by atoms with Gasteiger partial charge in [-0.15, -0.1) is 93.9 Å². The average Bonchev–Trinajstić information content (AvgIpc) is 3.95. The van der Waals surface area contributed by atoms with E-state index < -0.39 is 0 Å². The topological polar surface area (TPSA) is 0 Å². The van der Waals surface area contributed by atoms with Crippen molar-refractivity contribution in [1.82, 2.24) is 0 Å². The van der Waals surface area contributed by atoms with Gasteiger partial charge in [0, 0.05) is 0 Å². The van der Waals surface area contributed by atoms with Gasteiger partial charge in [0.05, 0.1) is 0 Å². The van der Waals surface area contributed by atoms with Gasteiger partial charge in [-0.3, -0.25) is 0 Å². The first-order chi connectivity index (χ1) is 30.8. The molecule has 8 rings (SSSR count). The average molecular weight is 1050 g/mol. The van der Waals surface area contributed by atoms with E-state index in [0.29, 0.717) is 10.8 Å². The molecular formula is C64H90Cl2SiZr-4. The third-order valence-corrected chi connectivity index (χ3v) is 15.7. The Morgan fingerprint density at radius 1 is 0.441 bits per heavy atom. The van der Waals surface area contributed by atoms with Gasteiger partial charge in [0.15, 0.2) is 0 Å². The first kappa shape index (κ1) is 61.9. The number of rotatable bonds is 8. The monoisotopic (exact) mass is 1050 g/mol. The van der Waals surface area contributed by atoms with Crippen LogP contribution in [0.5, 0.6) is 0 Å². The van der Waals surface area contributed by atoms with Crippen LogP contribution in [-0.4, -0.2) is 6.88 Å². The van der Waals surface area contributed by atoms with Gasteiger partial charge in [-0.25, -0.2) is 0 Å². The van der Waals surface area contributed by atoms with E-state index >= 15 is 0 Å². The van der Waals surface area contributed by atoms with Gasteiger partial charge in [0.25, 0.3) is 0 Å². The zero-order valence-corrected chi connectivity index (χ0v) is 49.4. The molecule has 2 fully saturated rings.